The highest BCUT2D eigenvalue weighted by Gasteiger charge is 2.19. The van der Waals surface area contributed by atoms with E-state index in [1.54, 1.807) is 31.2 Å². The van der Waals surface area contributed by atoms with Crippen LogP contribution in [0, 0.1) is 6.92 Å². The van der Waals surface area contributed by atoms with Crippen molar-refractivity contribution in [2.75, 3.05) is 11.1 Å². The van der Waals surface area contributed by atoms with Crippen LogP contribution in [0.2, 0.25) is 0 Å². The van der Waals surface area contributed by atoms with E-state index in [2.05, 4.69) is 5.32 Å². The quantitative estimate of drug-likeness (QED) is 0.318. The van der Waals surface area contributed by atoms with Gasteiger partial charge in [-0.25, -0.2) is 0 Å². The Morgan fingerprint density at radius 1 is 1.12 bits per heavy atom. The van der Waals surface area contributed by atoms with Crippen molar-refractivity contribution in [1.82, 2.24) is 0 Å². The third kappa shape index (κ3) is 3.19. The number of hydrogen-bond donors (Lipinski definition) is 4. The molecule has 0 radical (unpaired) electrons. The predicted octanol–water partition coefficient (Wildman–Crippen LogP) is 2.94. The Morgan fingerprint density at radius 3 is 2.50 bits per heavy atom. The number of fused-ring (bicyclic) bond motifs is 1. The van der Waals surface area contributed by atoms with Gasteiger partial charge in [-0.05, 0) is 48.2 Å². The summed E-state index contributed by atoms with van der Waals surface area (Å²) in [6.45, 7) is 1.76. The summed E-state index contributed by atoms with van der Waals surface area (Å²) in [5.74, 6) is -0.941. The van der Waals surface area contributed by atoms with E-state index in [0.717, 1.165) is 5.56 Å². The molecule has 5 N–H and O–H groups in total. The smallest absolute Gasteiger partial charge is 0.295 e. The van der Waals surface area contributed by atoms with Crippen molar-refractivity contribution in [1.29, 1.82) is 0 Å². The van der Waals surface area contributed by atoms with Gasteiger partial charge in [0.1, 0.15) is 10.6 Å². The highest BCUT2D eigenvalue weighted by Crippen LogP contribution is 2.37. The van der Waals surface area contributed by atoms with Gasteiger partial charge >= 0.3 is 0 Å². The normalized spacial score (nSPS) is 11.5. The standard InChI is InChI=1S/C18H16N2O5S/c1-10-9-12(5-7-13(10)19)18(22)20-14-8-6-11-3-2-4-15(26(23,24)25)16(11)17(14)21/h2-9,21H,19H2,1H3,(H,20,22)(H,23,24,25). The molecule has 1 amide bonds. The van der Waals surface area contributed by atoms with Gasteiger partial charge in [0.2, 0.25) is 0 Å². The first-order valence-electron chi connectivity index (χ1n) is 7.58. The Bertz CT molecular complexity index is 1140. The van der Waals surface area contributed by atoms with Crippen LogP contribution in [-0.4, -0.2) is 24.0 Å². The second-order valence-electron chi connectivity index (χ2n) is 5.82. The summed E-state index contributed by atoms with van der Waals surface area (Å²) in [5, 5.41) is 13.3. The van der Waals surface area contributed by atoms with Crippen LogP contribution in [0.4, 0.5) is 11.4 Å². The van der Waals surface area contributed by atoms with Gasteiger partial charge in [0.05, 0.1) is 5.69 Å². The summed E-state index contributed by atoms with van der Waals surface area (Å²) in [7, 11) is -4.55. The van der Waals surface area contributed by atoms with Crippen LogP contribution in [0.1, 0.15) is 15.9 Å². The van der Waals surface area contributed by atoms with Crippen molar-refractivity contribution in [2.45, 2.75) is 11.8 Å². The highest BCUT2D eigenvalue weighted by atomic mass is 32.2. The topological polar surface area (TPSA) is 130 Å². The molecule has 7 nitrogen and oxygen atoms in total. The van der Waals surface area contributed by atoms with E-state index in [4.69, 9.17) is 5.73 Å². The number of carbonyl (C=O) groups excluding carboxylic acids is 1. The molecule has 0 bridgehead atoms. The molecule has 0 heterocycles. The van der Waals surface area contributed by atoms with Crippen LogP contribution in [-0.2, 0) is 10.1 Å². The maximum atomic E-state index is 12.4. The number of nitrogen functional groups attached to an aromatic ring is 1. The van der Waals surface area contributed by atoms with Gasteiger partial charge in [-0.2, -0.15) is 8.42 Å². The Balaban J connectivity index is 2.07. The summed E-state index contributed by atoms with van der Waals surface area (Å²) >= 11 is 0. The zero-order chi connectivity index (χ0) is 19.1. The fourth-order valence-corrected chi connectivity index (χ4v) is 3.38. The Kier molecular flexibility index (Phi) is 4.31. The number of rotatable bonds is 3. The highest BCUT2D eigenvalue weighted by molar-refractivity contribution is 7.86. The van der Waals surface area contributed by atoms with Crippen molar-refractivity contribution in [3.8, 4) is 5.75 Å². The van der Waals surface area contributed by atoms with E-state index in [1.165, 1.54) is 24.3 Å². The number of phenolic OH excluding ortho intramolecular Hbond substituents is 1. The first-order valence-corrected chi connectivity index (χ1v) is 9.02. The molecule has 0 fully saturated rings. The van der Waals surface area contributed by atoms with Crippen molar-refractivity contribution < 1.29 is 22.9 Å². The molecule has 3 aromatic carbocycles. The van der Waals surface area contributed by atoms with Gasteiger partial charge in [0.25, 0.3) is 16.0 Å². The minimum absolute atomic E-state index is 0.0214. The minimum Gasteiger partial charge on any atom is -0.505 e. The number of nitrogens with two attached hydrogens (primary N) is 1. The third-order valence-electron chi connectivity index (χ3n) is 4.04. The molecule has 3 aromatic rings. The Hall–Kier alpha value is -3.10. The summed E-state index contributed by atoms with van der Waals surface area (Å²) < 4.78 is 32.5. The van der Waals surface area contributed by atoms with E-state index in [-0.39, 0.29) is 11.1 Å². The Morgan fingerprint density at radius 2 is 1.85 bits per heavy atom. The molecule has 0 aliphatic rings. The van der Waals surface area contributed by atoms with E-state index < -0.39 is 26.7 Å². The first-order chi connectivity index (χ1) is 12.2. The van der Waals surface area contributed by atoms with Crippen LogP contribution >= 0.6 is 0 Å². The fourth-order valence-electron chi connectivity index (χ4n) is 2.65. The second kappa shape index (κ2) is 6.32. The monoisotopic (exact) mass is 372 g/mol. The lowest BCUT2D eigenvalue weighted by molar-refractivity contribution is 0.102. The summed E-state index contributed by atoms with van der Waals surface area (Å²) in [6, 6.07) is 11.9. The molecular weight excluding hydrogens is 356 g/mol. The zero-order valence-electron chi connectivity index (χ0n) is 13.7. The van der Waals surface area contributed by atoms with Crippen LogP contribution in [0.25, 0.3) is 10.8 Å². The zero-order valence-corrected chi connectivity index (χ0v) is 14.5. The number of phenols is 1. The van der Waals surface area contributed by atoms with Crippen LogP contribution in [0.5, 0.6) is 5.75 Å². The molecule has 0 unspecified atom stereocenters. The average Bonchev–Trinajstić information content (AvgIpc) is 2.58. The minimum atomic E-state index is -4.55. The number of hydrogen-bond acceptors (Lipinski definition) is 5. The Labute approximate surface area is 149 Å². The molecule has 0 saturated heterocycles. The maximum Gasteiger partial charge on any atom is 0.295 e. The molecule has 0 atom stereocenters. The third-order valence-corrected chi connectivity index (χ3v) is 4.93. The number of benzene rings is 3. The summed E-state index contributed by atoms with van der Waals surface area (Å²) in [4.78, 5) is 12.0. The van der Waals surface area contributed by atoms with Crippen molar-refractivity contribution in [2.24, 2.45) is 0 Å². The number of nitrogens with one attached hydrogen (secondary N) is 1. The predicted molar refractivity (Wildman–Crippen MR) is 99.0 cm³/mol. The van der Waals surface area contributed by atoms with Gasteiger partial charge in [0.15, 0.2) is 0 Å². The molecule has 3 rings (SSSR count). The van der Waals surface area contributed by atoms with E-state index in [0.29, 0.717) is 16.6 Å². The van der Waals surface area contributed by atoms with Crippen LogP contribution in [0.3, 0.4) is 0 Å². The number of aromatic hydroxyl groups is 1. The molecule has 26 heavy (non-hydrogen) atoms. The molecule has 0 aliphatic carbocycles. The van der Waals surface area contributed by atoms with Crippen molar-refractivity contribution in [3.05, 3.63) is 59.7 Å². The van der Waals surface area contributed by atoms with Gasteiger partial charge in [-0.1, -0.05) is 18.2 Å². The maximum absolute atomic E-state index is 12.4. The van der Waals surface area contributed by atoms with E-state index in [1.807, 2.05) is 0 Å². The van der Waals surface area contributed by atoms with E-state index >= 15 is 0 Å². The second-order valence-corrected chi connectivity index (χ2v) is 7.21. The SMILES string of the molecule is Cc1cc(C(=O)Nc2ccc3cccc(S(=O)(=O)O)c3c2O)ccc1N. The molecule has 0 aliphatic heterocycles. The van der Waals surface area contributed by atoms with Gasteiger partial charge in [-0.3, -0.25) is 9.35 Å². The van der Waals surface area contributed by atoms with Gasteiger partial charge in [0, 0.05) is 16.6 Å². The molecular formula is C18H16N2O5S. The van der Waals surface area contributed by atoms with Crippen LogP contribution in [0.15, 0.2) is 53.4 Å². The molecule has 0 spiro atoms. The first kappa shape index (κ1) is 17.7. The lowest BCUT2D eigenvalue weighted by atomic mass is 10.1. The number of carbonyl (C=O) groups is 1. The average molecular weight is 372 g/mol. The number of aryl methyl sites for hydroxylation is 1. The van der Waals surface area contributed by atoms with Gasteiger partial charge < -0.3 is 16.2 Å². The lowest BCUT2D eigenvalue weighted by Crippen LogP contribution is -2.12. The lowest BCUT2D eigenvalue weighted by Gasteiger charge is -2.12. The summed E-state index contributed by atoms with van der Waals surface area (Å²) in [6.07, 6.45) is 0. The van der Waals surface area contributed by atoms with Gasteiger partial charge in [-0.15, -0.1) is 0 Å². The summed E-state index contributed by atoms with van der Waals surface area (Å²) in [5.41, 5.74) is 7.37. The molecule has 0 aromatic heterocycles. The van der Waals surface area contributed by atoms with Crippen molar-refractivity contribution >= 4 is 38.2 Å². The van der Waals surface area contributed by atoms with E-state index in [9.17, 15) is 22.9 Å². The number of anilines is 2. The molecule has 8 heteroatoms. The molecule has 134 valence electrons. The molecule has 0 saturated carbocycles. The number of amides is 1. The van der Waals surface area contributed by atoms with Crippen LogP contribution < -0.4 is 11.1 Å². The van der Waals surface area contributed by atoms with Crippen molar-refractivity contribution in [3.63, 3.8) is 0 Å². The fraction of sp³-hybridized carbons (Fsp3) is 0.0556. The largest absolute Gasteiger partial charge is 0.505 e.